The van der Waals surface area contributed by atoms with E-state index in [0.29, 0.717) is 5.41 Å². The van der Waals surface area contributed by atoms with Crippen LogP contribution in [0.5, 0.6) is 0 Å². The molecule has 1 atom stereocenters. The van der Waals surface area contributed by atoms with Gasteiger partial charge in [-0.2, -0.15) is 0 Å². The first-order chi connectivity index (χ1) is 8.50. The minimum absolute atomic E-state index is 0.454. The third-order valence-corrected chi connectivity index (χ3v) is 4.51. The lowest BCUT2D eigenvalue weighted by Gasteiger charge is -2.27. The Morgan fingerprint density at radius 3 is 2.33 bits per heavy atom. The van der Waals surface area contributed by atoms with Crippen LogP contribution in [0, 0.1) is 11.3 Å². The monoisotopic (exact) mass is 254 g/mol. The molecule has 1 aliphatic heterocycles. The molecule has 1 unspecified atom stereocenters. The number of likely N-dealkylation sites (tertiary alicyclic amines) is 1. The molecule has 1 aliphatic rings. The summed E-state index contributed by atoms with van der Waals surface area (Å²) in [5.41, 5.74) is 0.454. The Balaban J connectivity index is 1.92. The number of nitrogens with zero attached hydrogens (tertiary/aromatic N) is 1. The van der Waals surface area contributed by atoms with Crippen LogP contribution >= 0.6 is 0 Å². The fourth-order valence-corrected chi connectivity index (χ4v) is 2.49. The molecule has 0 aromatic rings. The normalized spacial score (nSPS) is 20.0. The molecule has 0 saturated carbocycles. The van der Waals surface area contributed by atoms with Crippen molar-refractivity contribution in [3.05, 3.63) is 0 Å². The maximum absolute atomic E-state index is 3.60. The van der Waals surface area contributed by atoms with E-state index in [1.54, 1.807) is 0 Å². The Labute approximate surface area is 115 Å². The highest BCUT2D eigenvalue weighted by atomic mass is 15.1. The SMILES string of the molecule is CC(CCNCCCN1CCCCC1)C(C)(C)C. The Bertz CT molecular complexity index is 202. The molecule has 1 N–H and O–H groups in total. The van der Waals surface area contributed by atoms with Crippen molar-refractivity contribution < 1.29 is 0 Å². The molecule has 0 spiro atoms. The lowest BCUT2D eigenvalue weighted by molar-refractivity contribution is 0.223. The molecule has 18 heavy (non-hydrogen) atoms. The quantitative estimate of drug-likeness (QED) is 0.699. The van der Waals surface area contributed by atoms with Gasteiger partial charge in [-0.3, -0.25) is 0 Å². The number of hydrogen-bond acceptors (Lipinski definition) is 2. The molecule has 1 rings (SSSR count). The second-order valence-corrected chi connectivity index (χ2v) is 7.06. The molecule has 0 amide bonds. The fourth-order valence-electron chi connectivity index (χ4n) is 2.49. The minimum atomic E-state index is 0.454. The average Bonchev–Trinajstić information content (AvgIpc) is 2.33. The van der Waals surface area contributed by atoms with E-state index in [-0.39, 0.29) is 0 Å². The average molecular weight is 254 g/mol. The maximum Gasteiger partial charge on any atom is -0.000664 e. The Hall–Kier alpha value is -0.0800. The zero-order valence-electron chi connectivity index (χ0n) is 13.1. The van der Waals surface area contributed by atoms with E-state index in [1.807, 2.05) is 0 Å². The van der Waals surface area contributed by atoms with Gasteiger partial charge >= 0.3 is 0 Å². The molecule has 0 radical (unpaired) electrons. The number of piperidine rings is 1. The van der Waals surface area contributed by atoms with Crippen molar-refractivity contribution in [2.75, 3.05) is 32.7 Å². The Morgan fingerprint density at radius 1 is 1.06 bits per heavy atom. The lowest BCUT2D eigenvalue weighted by atomic mass is 9.80. The predicted octanol–water partition coefficient (Wildman–Crippen LogP) is 3.52. The Morgan fingerprint density at radius 2 is 1.72 bits per heavy atom. The van der Waals surface area contributed by atoms with Gasteiger partial charge in [-0.1, -0.05) is 34.1 Å². The second-order valence-electron chi connectivity index (χ2n) is 7.06. The summed E-state index contributed by atoms with van der Waals surface area (Å²) in [5.74, 6) is 0.798. The summed E-state index contributed by atoms with van der Waals surface area (Å²) in [6, 6.07) is 0. The molecule has 1 heterocycles. The van der Waals surface area contributed by atoms with E-state index in [1.165, 1.54) is 64.8 Å². The molecule has 2 heteroatoms. The van der Waals surface area contributed by atoms with Gasteiger partial charge in [0, 0.05) is 0 Å². The molecular weight excluding hydrogens is 220 g/mol. The van der Waals surface area contributed by atoms with Gasteiger partial charge in [0.25, 0.3) is 0 Å². The van der Waals surface area contributed by atoms with Gasteiger partial charge in [0.05, 0.1) is 0 Å². The van der Waals surface area contributed by atoms with E-state index in [9.17, 15) is 0 Å². The van der Waals surface area contributed by atoms with Crippen LogP contribution < -0.4 is 5.32 Å². The van der Waals surface area contributed by atoms with Crippen LogP contribution in [0.2, 0.25) is 0 Å². The number of rotatable bonds is 7. The summed E-state index contributed by atoms with van der Waals surface area (Å²) < 4.78 is 0. The zero-order chi connectivity index (χ0) is 13.4. The van der Waals surface area contributed by atoms with Crippen molar-refractivity contribution in [3.8, 4) is 0 Å². The van der Waals surface area contributed by atoms with Crippen molar-refractivity contribution >= 4 is 0 Å². The summed E-state index contributed by atoms with van der Waals surface area (Å²) in [7, 11) is 0. The molecule has 2 nitrogen and oxygen atoms in total. The van der Waals surface area contributed by atoms with E-state index in [4.69, 9.17) is 0 Å². The summed E-state index contributed by atoms with van der Waals surface area (Å²) in [5, 5.41) is 3.60. The van der Waals surface area contributed by atoms with Gasteiger partial charge in [-0.25, -0.2) is 0 Å². The minimum Gasteiger partial charge on any atom is -0.317 e. The van der Waals surface area contributed by atoms with Crippen LogP contribution in [0.3, 0.4) is 0 Å². The van der Waals surface area contributed by atoms with Crippen molar-refractivity contribution in [2.24, 2.45) is 11.3 Å². The molecule has 1 fully saturated rings. The van der Waals surface area contributed by atoms with Crippen LogP contribution in [0.1, 0.15) is 59.8 Å². The molecule has 0 aliphatic carbocycles. The molecule has 1 saturated heterocycles. The Kier molecular flexibility index (Phi) is 7.25. The molecule has 0 aromatic heterocycles. The highest BCUT2D eigenvalue weighted by molar-refractivity contribution is 4.71. The van der Waals surface area contributed by atoms with E-state index < -0.39 is 0 Å². The smallest absolute Gasteiger partial charge is 0.000664 e. The maximum atomic E-state index is 3.60. The molecule has 108 valence electrons. The van der Waals surface area contributed by atoms with Gasteiger partial charge in [0.2, 0.25) is 0 Å². The first-order valence-corrected chi connectivity index (χ1v) is 7.93. The van der Waals surface area contributed by atoms with Crippen LogP contribution in [0.15, 0.2) is 0 Å². The van der Waals surface area contributed by atoms with Crippen LogP contribution in [0.25, 0.3) is 0 Å². The standard InChI is InChI=1S/C16H34N2/c1-15(16(2,3)4)9-11-17-10-8-14-18-12-6-5-7-13-18/h15,17H,5-14H2,1-4H3. The fraction of sp³-hybridized carbons (Fsp3) is 1.00. The van der Waals surface area contributed by atoms with Gasteiger partial charge < -0.3 is 10.2 Å². The summed E-state index contributed by atoms with van der Waals surface area (Å²) in [4.78, 5) is 2.63. The second kappa shape index (κ2) is 8.16. The first-order valence-electron chi connectivity index (χ1n) is 7.93. The van der Waals surface area contributed by atoms with Crippen LogP contribution in [0.4, 0.5) is 0 Å². The van der Waals surface area contributed by atoms with E-state index in [2.05, 4.69) is 37.9 Å². The lowest BCUT2D eigenvalue weighted by Crippen LogP contribution is -2.32. The molecule has 0 bridgehead atoms. The van der Waals surface area contributed by atoms with Crippen molar-refractivity contribution in [1.29, 1.82) is 0 Å². The van der Waals surface area contributed by atoms with Crippen LogP contribution in [-0.2, 0) is 0 Å². The molecule has 0 aromatic carbocycles. The van der Waals surface area contributed by atoms with Gasteiger partial charge in [-0.15, -0.1) is 0 Å². The van der Waals surface area contributed by atoms with E-state index in [0.717, 1.165) is 5.92 Å². The summed E-state index contributed by atoms with van der Waals surface area (Å²) in [6.07, 6.45) is 6.88. The highest BCUT2D eigenvalue weighted by Gasteiger charge is 2.18. The molecular formula is C16H34N2. The third-order valence-electron chi connectivity index (χ3n) is 4.51. The first kappa shape index (κ1) is 16.0. The highest BCUT2D eigenvalue weighted by Crippen LogP contribution is 2.27. The zero-order valence-corrected chi connectivity index (χ0v) is 13.1. The largest absolute Gasteiger partial charge is 0.317 e. The van der Waals surface area contributed by atoms with Crippen molar-refractivity contribution in [2.45, 2.75) is 59.8 Å². The third kappa shape index (κ3) is 6.75. The summed E-state index contributed by atoms with van der Waals surface area (Å²) >= 11 is 0. The van der Waals surface area contributed by atoms with Gasteiger partial charge in [-0.05, 0) is 69.7 Å². The summed E-state index contributed by atoms with van der Waals surface area (Å²) in [6.45, 7) is 15.7. The predicted molar refractivity (Wildman–Crippen MR) is 81.0 cm³/mol. The van der Waals surface area contributed by atoms with E-state index >= 15 is 0 Å². The van der Waals surface area contributed by atoms with Crippen molar-refractivity contribution in [1.82, 2.24) is 10.2 Å². The van der Waals surface area contributed by atoms with Gasteiger partial charge in [0.15, 0.2) is 0 Å². The van der Waals surface area contributed by atoms with Crippen LogP contribution in [-0.4, -0.2) is 37.6 Å². The topological polar surface area (TPSA) is 15.3 Å². The van der Waals surface area contributed by atoms with Gasteiger partial charge in [0.1, 0.15) is 0 Å². The number of nitrogens with one attached hydrogen (secondary N) is 1. The number of hydrogen-bond donors (Lipinski definition) is 1. The van der Waals surface area contributed by atoms with Crippen molar-refractivity contribution in [3.63, 3.8) is 0 Å².